The number of ketones is 1. The largest absolute Gasteiger partial charge is 0.502 e. The van der Waals surface area contributed by atoms with Crippen LogP contribution in [0.2, 0.25) is 0 Å². The molecule has 2 atom stereocenters. The Hall–Kier alpha value is -3.27. The van der Waals surface area contributed by atoms with Crippen LogP contribution in [-0.2, 0) is 11.2 Å². The van der Waals surface area contributed by atoms with Gasteiger partial charge in [0.15, 0.2) is 17.2 Å². The molecule has 34 heavy (non-hydrogen) atoms. The number of amides is 1. The Kier molecular flexibility index (Phi) is 6.70. The molecule has 1 aromatic heterocycles. The molecule has 10 heteroatoms. The molecule has 1 fully saturated rings. The molecule has 0 unspecified atom stereocenters. The van der Waals surface area contributed by atoms with E-state index in [0.29, 0.717) is 13.0 Å². The van der Waals surface area contributed by atoms with Gasteiger partial charge in [0, 0.05) is 32.3 Å². The van der Waals surface area contributed by atoms with Crippen molar-refractivity contribution in [1.29, 1.82) is 0 Å². The number of piperidine rings is 1. The molecule has 0 bridgehead atoms. The third-order valence-electron chi connectivity index (χ3n) is 6.46. The van der Waals surface area contributed by atoms with Gasteiger partial charge in [-0.2, -0.15) is 0 Å². The van der Waals surface area contributed by atoms with Crippen LogP contribution in [0.5, 0.6) is 5.75 Å². The number of pyridine rings is 1. The van der Waals surface area contributed by atoms with Gasteiger partial charge in [0.05, 0.1) is 18.2 Å². The van der Waals surface area contributed by atoms with Crippen LogP contribution in [0.4, 0.5) is 8.78 Å². The summed E-state index contributed by atoms with van der Waals surface area (Å²) < 4.78 is 33.7. The maximum absolute atomic E-state index is 13.9. The fourth-order valence-corrected chi connectivity index (χ4v) is 4.80. The molecule has 0 saturated carbocycles. The van der Waals surface area contributed by atoms with Gasteiger partial charge in [-0.3, -0.25) is 24.1 Å². The number of fused-ring (bicyclic) bond motifs is 3. The van der Waals surface area contributed by atoms with Crippen molar-refractivity contribution in [3.8, 4) is 5.75 Å². The van der Waals surface area contributed by atoms with E-state index in [0.717, 1.165) is 25.0 Å². The Balaban J connectivity index is 1.69. The Morgan fingerprint density at radius 2 is 2.03 bits per heavy atom. The number of ether oxygens (including phenoxy) is 1. The number of aromatic nitrogens is 1. The van der Waals surface area contributed by atoms with Crippen molar-refractivity contribution < 1.29 is 28.2 Å². The van der Waals surface area contributed by atoms with Gasteiger partial charge in [0.25, 0.3) is 5.91 Å². The highest BCUT2D eigenvalue weighted by molar-refractivity contribution is 6.00. The van der Waals surface area contributed by atoms with Crippen molar-refractivity contribution in [2.75, 3.05) is 25.3 Å². The summed E-state index contributed by atoms with van der Waals surface area (Å²) in [7, 11) is 1.54. The van der Waals surface area contributed by atoms with Crippen LogP contribution >= 0.6 is 0 Å². The summed E-state index contributed by atoms with van der Waals surface area (Å²) in [6, 6.07) is 2.79. The van der Waals surface area contributed by atoms with Gasteiger partial charge in [-0.1, -0.05) is 6.07 Å². The van der Waals surface area contributed by atoms with E-state index in [4.69, 9.17) is 4.74 Å². The molecule has 0 spiro atoms. The summed E-state index contributed by atoms with van der Waals surface area (Å²) in [5.74, 6) is -3.39. The van der Waals surface area contributed by atoms with E-state index in [-0.39, 0.29) is 48.5 Å². The lowest BCUT2D eigenvalue weighted by Crippen LogP contribution is -2.65. The first kappa shape index (κ1) is 23.9. The van der Waals surface area contributed by atoms with Crippen molar-refractivity contribution in [3.63, 3.8) is 0 Å². The molecule has 8 nitrogen and oxygen atoms in total. The van der Waals surface area contributed by atoms with Crippen molar-refractivity contribution in [2.24, 2.45) is 0 Å². The predicted octanol–water partition coefficient (Wildman–Crippen LogP) is 2.59. The molecule has 3 heterocycles. The molecular weight excluding hydrogens is 448 g/mol. The Morgan fingerprint density at radius 1 is 1.26 bits per heavy atom. The van der Waals surface area contributed by atoms with Crippen LogP contribution in [0.25, 0.3) is 0 Å². The molecule has 2 aliphatic heterocycles. The maximum Gasteiger partial charge on any atom is 0.278 e. The number of carbonyl (C=O) groups is 2. The van der Waals surface area contributed by atoms with E-state index >= 15 is 0 Å². The number of halogens is 2. The fourth-order valence-electron chi connectivity index (χ4n) is 4.80. The van der Waals surface area contributed by atoms with Gasteiger partial charge in [-0.05, 0) is 44.2 Å². The average molecular weight is 475 g/mol. The second kappa shape index (κ2) is 9.54. The normalized spacial score (nSPS) is 18.5. The summed E-state index contributed by atoms with van der Waals surface area (Å²) in [6.45, 7) is 2.70. The maximum atomic E-state index is 13.9. The van der Waals surface area contributed by atoms with Gasteiger partial charge < -0.3 is 14.7 Å². The summed E-state index contributed by atoms with van der Waals surface area (Å²) in [5, 5.41) is 12.6. The molecule has 2 aliphatic rings. The second-order valence-electron chi connectivity index (χ2n) is 8.73. The minimum absolute atomic E-state index is 0.0412. The number of nitrogens with zero attached hydrogens (tertiary/aromatic N) is 3. The van der Waals surface area contributed by atoms with Gasteiger partial charge in [-0.15, -0.1) is 0 Å². The van der Waals surface area contributed by atoms with Gasteiger partial charge in [0.2, 0.25) is 5.43 Å². The highest BCUT2D eigenvalue weighted by Gasteiger charge is 2.43. The first-order chi connectivity index (χ1) is 16.2. The van der Waals surface area contributed by atoms with Crippen LogP contribution in [0.1, 0.15) is 59.0 Å². The van der Waals surface area contributed by atoms with E-state index < -0.39 is 34.5 Å². The predicted molar refractivity (Wildman–Crippen MR) is 120 cm³/mol. The molecule has 0 aliphatic carbocycles. The average Bonchev–Trinajstić information content (AvgIpc) is 2.80. The molecule has 4 rings (SSSR count). The van der Waals surface area contributed by atoms with Crippen LogP contribution in [0, 0.1) is 11.6 Å². The summed E-state index contributed by atoms with van der Waals surface area (Å²) in [6.07, 6.45) is 3.18. The second-order valence-corrected chi connectivity index (χ2v) is 8.73. The Morgan fingerprint density at radius 3 is 2.74 bits per heavy atom. The SMILES string of the molecule is COC[C@H](C)N1C(=O)c2c(O)c(=O)c(C(=O)CCc3ccc(F)cc3F)cn2N2CCCC[C@@H]12. The van der Waals surface area contributed by atoms with Crippen LogP contribution < -0.4 is 10.4 Å². The minimum Gasteiger partial charge on any atom is -0.502 e. The number of aromatic hydroxyl groups is 1. The smallest absolute Gasteiger partial charge is 0.278 e. The zero-order valence-corrected chi connectivity index (χ0v) is 19.1. The lowest BCUT2D eigenvalue weighted by Gasteiger charge is -2.50. The highest BCUT2D eigenvalue weighted by atomic mass is 19.1. The monoisotopic (exact) mass is 475 g/mol. The Bertz CT molecular complexity index is 1180. The fraction of sp³-hybridized carbons (Fsp3) is 0.458. The molecular formula is C24H27F2N3O5. The Labute approximate surface area is 195 Å². The topological polar surface area (TPSA) is 92.1 Å². The van der Waals surface area contributed by atoms with Crippen molar-refractivity contribution in [2.45, 2.75) is 51.2 Å². The molecule has 182 valence electrons. The zero-order chi connectivity index (χ0) is 24.6. The van der Waals surface area contributed by atoms with Gasteiger partial charge >= 0.3 is 0 Å². The van der Waals surface area contributed by atoms with E-state index in [1.165, 1.54) is 24.0 Å². The standard InChI is InChI=1S/C24H27F2N3O5/c1-14(13-34-2)29-20-5-3-4-10-27(20)28-12-17(22(31)23(32)21(28)24(29)33)19(30)9-7-15-6-8-16(25)11-18(15)26/h6,8,11-12,14,20,32H,3-5,7,9-10,13H2,1-2H3/t14-,20+/m0/s1. The lowest BCUT2D eigenvalue weighted by atomic mass is 10.0. The molecule has 1 aromatic carbocycles. The van der Waals surface area contributed by atoms with Crippen molar-refractivity contribution in [3.05, 3.63) is 63.1 Å². The number of benzene rings is 1. The molecule has 1 saturated heterocycles. The number of aryl methyl sites for hydroxylation is 1. The highest BCUT2D eigenvalue weighted by Crippen LogP contribution is 2.31. The van der Waals surface area contributed by atoms with Gasteiger partial charge in [-0.25, -0.2) is 8.78 Å². The van der Waals surface area contributed by atoms with E-state index in [1.54, 1.807) is 4.90 Å². The molecule has 1 N–H and O–H groups in total. The summed E-state index contributed by atoms with van der Waals surface area (Å²) in [4.78, 5) is 40.8. The van der Waals surface area contributed by atoms with Crippen LogP contribution in [0.15, 0.2) is 29.2 Å². The summed E-state index contributed by atoms with van der Waals surface area (Å²) >= 11 is 0. The third kappa shape index (κ3) is 4.18. The zero-order valence-electron chi connectivity index (χ0n) is 19.1. The molecule has 2 aromatic rings. The first-order valence-electron chi connectivity index (χ1n) is 11.3. The number of hydrogen-bond acceptors (Lipinski definition) is 6. The summed E-state index contributed by atoms with van der Waals surface area (Å²) in [5.41, 5.74) is -1.27. The lowest BCUT2D eigenvalue weighted by molar-refractivity contribution is 0.0245. The number of carbonyl (C=O) groups excluding carboxylic acids is 2. The minimum atomic E-state index is -0.945. The van der Waals surface area contributed by atoms with E-state index in [2.05, 4.69) is 0 Å². The number of methoxy groups -OCH3 is 1. The van der Waals surface area contributed by atoms with Crippen molar-refractivity contribution >= 4 is 11.7 Å². The quantitative estimate of drug-likeness (QED) is 0.619. The molecule has 0 radical (unpaired) electrons. The van der Waals surface area contributed by atoms with Crippen molar-refractivity contribution in [1.82, 2.24) is 9.58 Å². The van der Waals surface area contributed by atoms with E-state index in [1.807, 2.05) is 11.9 Å². The van der Waals surface area contributed by atoms with Crippen LogP contribution in [-0.4, -0.2) is 58.8 Å². The number of Topliss-reactive ketones (excluding diaryl/α,β-unsaturated/α-hetero) is 1. The number of hydrogen-bond donors (Lipinski definition) is 1. The first-order valence-corrected chi connectivity index (χ1v) is 11.3. The molecule has 1 amide bonds. The van der Waals surface area contributed by atoms with E-state index in [9.17, 15) is 28.3 Å². The number of rotatable bonds is 7. The third-order valence-corrected chi connectivity index (χ3v) is 6.46. The van der Waals surface area contributed by atoms with Crippen LogP contribution in [0.3, 0.4) is 0 Å². The van der Waals surface area contributed by atoms with Gasteiger partial charge in [0.1, 0.15) is 17.8 Å².